The number of ether oxygens (including phenoxy) is 1. The van der Waals surface area contributed by atoms with Gasteiger partial charge >= 0.3 is 6.01 Å². The summed E-state index contributed by atoms with van der Waals surface area (Å²) >= 11 is 0. The zero-order valence-corrected chi connectivity index (χ0v) is 12.7. The van der Waals surface area contributed by atoms with E-state index < -0.39 is 0 Å². The summed E-state index contributed by atoms with van der Waals surface area (Å²) in [4.78, 5) is 15.5. The molecule has 0 spiro atoms. The monoisotopic (exact) mass is 279 g/mol. The van der Waals surface area contributed by atoms with Crippen LogP contribution < -0.4 is 15.0 Å². The molecular formula is C14H25N5O. The number of nitrogens with zero attached hydrogens (tertiary/aromatic N) is 4. The number of nitrogens with one attached hydrogen (secondary N) is 1. The third kappa shape index (κ3) is 3.71. The van der Waals surface area contributed by atoms with Crippen LogP contribution in [0.2, 0.25) is 0 Å². The van der Waals surface area contributed by atoms with Crippen molar-refractivity contribution in [2.24, 2.45) is 5.92 Å². The number of hydrogen-bond acceptors (Lipinski definition) is 6. The summed E-state index contributed by atoms with van der Waals surface area (Å²) < 4.78 is 5.45. The largest absolute Gasteiger partial charge is 0.464 e. The lowest BCUT2D eigenvalue weighted by atomic mass is 9.96. The van der Waals surface area contributed by atoms with Crippen molar-refractivity contribution in [3.8, 4) is 6.01 Å². The maximum atomic E-state index is 5.45. The molecule has 2 heterocycles. The van der Waals surface area contributed by atoms with Gasteiger partial charge in [0.15, 0.2) is 0 Å². The molecule has 1 unspecified atom stereocenters. The van der Waals surface area contributed by atoms with E-state index in [4.69, 9.17) is 4.74 Å². The highest BCUT2D eigenvalue weighted by Gasteiger charge is 2.22. The van der Waals surface area contributed by atoms with E-state index in [9.17, 15) is 0 Å². The van der Waals surface area contributed by atoms with E-state index >= 15 is 0 Å². The molecule has 1 aromatic rings. The molecule has 0 aliphatic carbocycles. The van der Waals surface area contributed by atoms with Crippen molar-refractivity contribution in [3.05, 3.63) is 0 Å². The van der Waals surface area contributed by atoms with Crippen molar-refractivity contribution >= 4 is 11.9 Å². The lowest BCUT2D eigenvalue weighted by Gasteiger charge is -2.32. The van der Waals surface area contributed by atoms with E-state index in [1.54, 1.807) is 0 Å². The number of piperidine rings is 1. The van der Waals surface area contributed by atoms with Crippen molar-refractivity contribution in [1.29, 1.82) is 0 Å². The van der Waals surface area contributed by atoms with Gasteiger partial charge in [-0.3, -0.25) is 0 Å². The summed E-state index contributed by atoms with van der Waals surface area (Å²) in [5, 5.41) is 3.14. The summed E-state index contributed by atoms with van der Waals surface area (Å²) in [7, 11) is 0. The quantitative estimate of drug-likeness (QED) is 0.862. The summed E-state index contributed by atoms with van der Waals surface area (Å²) in [5.74, 6) is 2.07. The molecule has 1 aliphatic heterocycles. The van der Waals surface area contributed by atoms with Gasteiger partial charge in [-0.2, -0.15) is 15.0 Å². The van der Waals surface area contributed by atoms with Gasteiger partial charge in [0.25, 0.3) is 0 Å². The Kier molecular flexibility index (Phi) is 5.38. The highest BCUT2D eigenvalue weighted by molar-refractivity contribution is 5.38. The fourth-order valence-electron chi connectivity index (χ4n) is 2.50. The second-order valence-electron chi connectivity index (χ2n) is 5.07. The molecular weight excluding hydrogens is 254 g/mol. The van der Waals surface area contributed by atoms with Gasteiger partial charge < -0.3 is 15.0 Å². The van der Waals surface area contributed by atoms with Crippen LogP contribution in [0.5, 0.6) is 6.01 Å². The minimum absolute atomic E-state index is 0.409. The van der Waals surface area contributed by atoms with Crippen LogP contribution in [0.4, 0.5) is 11.9 Å². The molecule has 1 atom stereocenters. The van der Waals surface area contributed by atoms with Gasteiger partial charge in [-0.25, -0.2) is 0 Å². The Morgan fingerprint density at radius 3 is 2.80 bits per heavy atom. The Hall–Kier alpha value is -1.59. The molecule has 6 heteroatoms. The van der Waals surface area contributed by atoms with Crippen LogP contribution in [0.25, 0.3) is 0 Å². The van der Waals surface area contributed by atoms with E-state index in [0.29, 0.717) is 18.6 Å². The molecule has 1 aliphatic rings. The standard InChI is InChI=1S/C14H25N5O/c1-4-11-8-7-9-19(10-11)13-16-12(15-5-2)17-14(18-13)20-6-3/h11H,4-10H2,1-3H3,(H,15,16,17,18). The summed E-state index contributed by atoms with van der Waals surface area (Å²) in [6.45, 7) is 9.59. The molecule has 0 bridgehead atoms. The first-order chi connectivity index (χ1) is 9.76. The molecule has 6 nitrogen and oxygen atoms in total. The highest BCUT2D eigenvalue weighted by Crippen LogP contribution is 2.24. The van der Waals surface area contributed by atoms with E-state index in [-0.39, 0.29) is 0 Å². The predicted octanol–water partition coefficient (Wildman–Crippen LogP) is 2.33. The number of aromatic nitrogens is 3. The molecule has 0 amide bonds. The lowest BCUT2D eigenvalue weighted by Crippen LogP contribution is -2.36. The summed E-state index contributed by atoms with van der Waals surface area (Å²) in [6, 6.07) is 0.409. The zero-order chi connectivity index (χ0) is 14.4. The third-order valence-electron chi connectivity index (χ3n) is 3.59. The Morgan fingerprint density at radius 1 is 1.25 bits per heavy atom. The van der Waals surface area contributed by atoms with Crippen LogP contribution in [-0.2, 0) is 0 Å². The number of hydrogen-bond donors (Lipinski definition) is 1. The van der Waals surface area contributed by atoms with Crippen LogP contribution in [-0.4, -0.2) is 41.2 Å². The van der Waals surface area contributed by atoms with Gasteiger partial charge in [-0.1, -0.05) is 13.3 Å². The van der Waals surface area contributed by atoms with Crippen molar-refractivity contribution in [2.75, 3.05) is 36.5 Å². The van der Waals surface area contributed by atoms with Gasteiger partial charge in [-0.15, -0.1) is 0 Å². The van der Waals surface area contributed by atoms with Gasteiger partial charge in [0, 0.05) is 19.6 Å². The minimum atomic E-state index is 0.409. The maximum Gasteiger partial charge on any atom is 0.323 e. The first kappa shape index (κ1) is 14.8. The topological polar surface area (TPSA) is 63.2 Å². The Morgan fingerprint density at radius 2 is 2.10 bits per heavy atom. The normalized spacial score (nSPS) is 18.9. The molecule has 2 rings (SSSR count). The van der Waals surface area contributed by atoms with Crippen molar-refractivity contribution in [1.82, 2.24) is 15.0 Å². The molecule has 20 heavy (non-hydrogen) atoms. The minimum Gasteiger partial charge on any atom is -0.464 e. The highest BCUT2D eigenvalue weighted by atomic mass is 16.5. The first-order valence-corrected chi connectivity index (χ1v) is 7.64. The number of rotatable bonds is 6. The van der Waals surface area contributed by atoms with E-state index in [1.807, 2.05) is 13.8 Å². The predicted molar refractivity (Wildman–Crippen MR) is 80.4 cm³/mol. The average molecular weight is 279 g/mol. The smallest absolute Gasteiger partial charge is 0.323 e. The maximum absolute atomic E-state index is 5.45. The molecule has 1 saturated heterocycles. The summed E-state index contributed by atoms with van der Waals surface area (Å²) in [6.07, 6.45) is 3.71. The third-order valence-corrected chi connectivity index (χ3v) is 3.59. The van der Waals surface area contributed by atoms with Crippen molar-refractivity contribution in [3.63, 3.8) is 0 Å². The van der Waals surface area contributed by atoms with Crippen LogP contribution in [0, 0.1) is 5.92 Å². The Balaban J connectivity index is 2.19. The Bertz CT molecular complexity index is 402. The van der Waals surface area contributed by atoms with E-state index in [1.165, 1.54) is 19.3 Å². The molecule has 1 N–H and O–H groups in total. The van der Waals surface area contributed by atoms with Crippen molar-refractivity contribution in [2.45, 2.75) is 40.0 Å². The van der Waals surface area contributed by atoms with Gasteiger partial charge in [0.2, 0.25) is 11.9 Å². The average Bonchev–Trinajstić information content (AvgIpc) is 2.48. The molecule has 1 aromatic heterocycles. The SMILES string of the molecule is CCNc1nc(OCC)nc(N2CCCC(CC)C2)n1. The summed E-state index contributed by atoms with van der Waals surface area (Å²) in [5.41, 5.74) is 0. The molecule has 0 saturated carbocycles. The lowest BCUT2D eigenvalue weighted by molar-refractivity contribution is 0.311. The van der Waals surface area contributed by atoms with E-state index in [0.717, 1.165) is 31.5 Å². The zero-order valence-electron chi connectivity index (χ0n) is 12.7. The van der Waals surface area contributed by atoms with Gasteiger partial charge in [-0.05, 0) is 32.6 Å². The fraction of sp³-hybridized carbons (Fsp3) is 0.786. The molecule has 1 fully saturated rings. The first-order valence-electron chi connectivity index (χ1n) is 7.64. The van der Waals surface area contributed by atoms with Crippen molar-refractivity contribution < 1.29 is 4.74 Å². The molecule has 0 radical (unpaired) electrons. The second-order valence-corrected chi connectivity index (χ2v) is 5.07. The van der Waals surface area contributed by atoms with Crippen LogP contribution in [0.15, 0.2) is 0 Å². The Labute approximate surface area is 121 Å². The van der Waals surface area contributed by atoms with Gasteiger partial charge in [0.05, 0.1) is 6.61 Å². The van der Waals surface area contributed by atoms with Crippen LogP contribution in [0.1, 0.15) is 40.0 Å². The van der Waals surface area contributed by atoms with E-state index in [2.05, 4.69) is 32.1 Å². The van der Waals surface area contributed by atoms with Crippen LogP contribution in [0.3, 0.4) is 0 Å². The molecule has 112 valence electrons. The van der Waals surface area contributed by atoms with Crippen LogP contribution >= 0.6 is 0 Å². The van der Waals surface area contributed by atoms with Gasteiger partial charge in [0.1, 0.15) is 0 Å². The fourth-order valence-corrected chi connectivity index (χ4v) is 2.50. The number of anilines is 2. The molecule has 0 aromatic carbocycles. The second kappa shape index (κ2) is 7.26.